The predicted molar refractivity (Wildman–Crippen MR) is 94.7 cm³/mol. The van der Waals surface area contributed by atoms with Crippen LogP contribution in [0.1, 0.15) is 40.5 Å². The normalized spacial score (nSPS) is 13.8. The Morgan fingerprint density at radius 3 is 1.87 bits per heavy atom. The molecule has 23 heavy (non-hydrogen) atoms. The van der Waals surface area contributed by atoms with Crippen LogP contribution in [0.25, 0.3) is 0 Å². The van der Waals surface area contributed by atoms with Crippen LogP contribution in [0, 0.1) is 11.8 Å². The lowest BCUT2D eigenvalue weighted by Gasteiger charge is -2.33. The molecule has 0 aromatic rings. The number of primary amides is 1. The number of carbonyl (C=O) groups is 3. The number of nitrogens with zero attached hydrogens (tertiary/aromatic N) is 2. The summed E-state index contributed by atoms with van der Waals surface area (Å²) in [4.78, 5) is 39.5. The zero-order valence-electron chi connectivity index (χ0n) is 15.3. The van der Waals surface area contributed by atoms with Crippen LogP contribution in [-0.4, -0.2) is 59.3 Å². The molecule has 0 fully saturated rings. The van der Waals surface area contributed by atoms with Gasteiger partial charge in [0.1, 0.15) is 6.04 Å². The first-order valence-corrected chi connectivity index (χ1v) is 9.16. The van der Waals surface area contributed by atoms with Crippen molar-refractivity contribution < 1.29 is 14.4 Å². The van der Waals surface area contributed by atoms with Crippen molar-refractivity contribution in [1.29, 1.82) is 0 Å². The van der Waals surface area contributed by atoms with Gasteiger partial charge in [0.15, 0.2) is 5.37 Å². The summed E-state index contributed by atoms with van der Waals surface area (Å²) in [6.07, 6.45) is 2.66. The van der Waals surface area contributed by atoms with E-state index in [1.165, 1.54) is 21.6 Å². The van der Waals surface area contributed by atoms with Crippen LogP contribution in [0.5, 0.6) is 0 Å². The van der Waals surface area contributed by atoms with Gasteiger partial charge in [-0.3, -0.25) is 14.4 Å². The van der Waals surface area contributed by atoms with Gasteiger partial charge in [-0.2, -0.15) is 0 Å². The van der Waals surface area contributed by atoms with E-state index in [1.54, 1.807) is 20.4 Å². The van der Waals surface area contributed by atoms with Gasteiger partial charge in [-0.1, -0.05) is 27.7 Å². The summed E-state index contributed by atoms with van der Waals surface area (Å²) in [7, 11) is 3.20. The summed E-state index contributed by atoms with van der Waals surface area (Å²) >= 11 is 1.28. The maximum atomic E-state index is 12.7. The van der Waals surface area contributed by atoms with E-state index in [0.717, 1.165) is 0 Å². The molecule has 0 heterocycles. The molecule has 6 nitrogen and oxygen atoms in total. The Kier molecular flexibility index (Phi) is 9.27. The molecule has 134 valence electrons. The Balaban J connectivity index is 5.18. The maximum absolute atomic E-state index is 12.7. The molecule has 0 aromatic heterocycles. The van der Waals surface area contributed by atoms with E-state index in [4.69, 9.17) is 5.73 Å². The lowest BCUT2D eigenvalue weighted by molar-refractivity contribution is -0.144. The predicted octanol–water partition coefficient (Wildman–Crippen LogP) is 1.54. The minimum Gasteiger partial charge on any atom is -0.368 e. The minimum absolute atomic E-state index is 0.0828. The summed E-state index contributed by atoms with van der Waals surface area (Å²) in [5, 5.41) is -0.653. The highest BCUT2D eigenvalue weighted by atomic mass is 32.2. The van der Waals surface area contributed by atoms with Crippen LogP contribution in [0.4, 0.5) is 0 Å². The van der Waals surface area contributed by atoms with Crippen molar-refractivity contribution in [3.05, 3.63) is 0 Å². The van der Waals surface area contributed by atoms with Gasteiger partial charge in [0.05, 0.1) is 0 Å². The lowest BCUT2D eigenvalue weighted by atomic mass is 10.0. The molecule has 3 amide bonds. The Bertz CT molecular complexity index is 427. The molecule has 0 aromatic carbocycles. The van der Waals surface area contributed by atoms with E-state index < -0.39 is 17.3 Å². The van der Waals surface area contributed by atoms with Crippen molar-refractivity contribution >= 4 is 29.5 Å². The molecular weight excluding hydrogens is 314 g/mol. The van der Waals surface area contributed by atoms with Crippen LogP contribution in [0.15, 0.2) is 0 Å². The number of nitrogens with two attached hydrogens (primary N) is 1. The topological polar surface area (TPSA) is 83.7 Å². The fourth-order valence-corrected chi connectivity index (χ4v) is 3.09. The average Bonchev–Trinajstić information content (AvgIpc) is 2.43. The lowest BCUT2D eigenvalue weighted by Crippen LogP contribution is -2.53. The summed E-state index contributed by atoms with van der Waals surface area (Å²) in [6, 6.07) is -0.661. The third-order valence-corrected chi connectivity index (χ3v) is 4.57. The van der Waals surface area contributed by atoms with Gasteiger partial charge >= 0.3 is 0 Å². The highest BCUT2D eigenvalue weighted by molar-refractivity contribution is 7.99. The van der Waals surface area contributed by atoms with Gasteiger partial charge in [-0.25, -0.2) is 0 Å². The van der Waals surface area contributed by atoms with E-state index >= 15 is 0 Å². The molecule has 2 N–H and O–H groups in total. The van der Waals surface area contributed by atoms with Crippen molar-refractivity contribution in [3.8, 4) is 0 Å². The van der Waals surface area contributed by atoms with Crippen molar-refractivity contribution in [3.63, 3.8) is 0 Å². The molecule has 0 aliphatic heterocycles. The van der Waals surface area contributed by atoms with E-state index in [0.29, 0.717) is 12.8 Å². The molecule has 0 radical (unpaired) electrons. The van der Waals surface area contributed by atoms with E-state index in [-0.39, 0.29) is 23.7 Å². The first kappa shape index (κ1) is 21.8. The molecule has 2 atom stereocenters. The fraction of sp³-hybridized carbons (Fsp3) is 0.812. The zero-order chi connectivity index (χ0) is 18.3. The van der Waals surface area contributed by atoms with E-state index in [1.807, 2.05) is 27.7 Å². The number of hydrogen-bond acceptors (Lipinski definition) is 4. The molecule has 0 saturated heterocycles. The van der Waals surface area contributed by atoms with Gasteiger partial charge in [-0.05, 0) is 24.5 Å². The summed E-state index contributed by atoms with van der Waals surface area (Å²) in [6.45, 7) is 7.86. The van der Waals surface area contributed by atoms with Crippen LogP contribution in [0.2, 0.25) is 0 Å². The number of rotatable bonds is 9. The van der Waals surface area contributed by atoms with E-state index in [9.17, 15) is 14.4 Å². The van der Waals surface area contributed by atoms with Crippen molar-refractivity contribution in [1.82, 2.24) is 9.80 Å². The average molecular weight is 346 g/mol. The molecule has 0 aliphatic rings. The quantitative estimate of drug-likeness (QED) is 0.643. The summed E-state index contributed by atoms with van der Waals surface area (Å²) in [5.41, 5.74) is 5.45. The first-order chi connectivity index (χ1) is 10.5. The largest absolute Gasteiger partial charge is 0.368 e. The van der Waals surface area contributed by atoms with Crippen molar-refractivity contribution in [2.45, 2.75) is 52.0 Å². The van der Waals surface area contributed by atoms with Crippen LogP contribution < -0.4 is 5.73 Å². The van der Waals surface area contributed by atoms with Gasteiger partial charge in [0, 0.05) is 20.5 Å². The SMILES string of the molecule is CS[C@H](C(=O)N(C)[C@@H](CC(C)C)C(N)=O)N(C)C(=O)CC(C)C. The number of hydrogen-bond donors (Lipinski definition) is 1. The fourth-order valence-electron chi connectivity index (χ4n) is 2.29. The zero-order valence-corrected chi connectivity index (χ0v) is 16.1. The van der Waals surface area contributed by atoms with Gasteiger partial charge in [0.2, 0.25) is 11.8 Å². The number of carbonyl (C=O) groups excluding carboxylic acids is 3. The molecule has 0 unspecified atom stereocenters. The van der Waals surface area contributed by atoms with Gasteiger partial charge in [-0.15, -0.1) is 11.8 Å². The molecule has 0 saturated carbocycles. The Hall–Kier alpha value is -1.24. The first-order valence-electron chi connectivity index (χ1n) is 7.87. The van der Waals surface area contributed by atoms with E-state index in [2.05, 4.69) is 0 Å². The minimum atomic E-state index is -0.661. The standard InChI is InChI=1S/C16H31N3O3S/c1-10(2)8-12(14(17)21)18(5)15(22)16(23-7)19(6)13(20)9-11(3)4/h10-12,16H,8-9H2,1-7H3,(H2,17,21)/t12-,16+/m0/s1. The van der Waals surface area contributed by atoms with Gasteiger partial charge < -0.3 is 15.5 Å². The van der Waals surface area contributed by atoms with Gasteiger partial charge in [0.25, 0.3) is 5.91 Å². The second kappa shape index (κ2) is 9.80. The smallest absolute Gasteiger partial charge is 0.256 e. The summed E-state index contributed by atoms with van der Waals surface area (Å²) < 4.78 is 0. The highest BCUT2D eigenvalue weighted by Gasteiger charge is 2.33. The molecule has 0 spiro atoms. The molecular formula is C16H31N3O3S. The second-order valence-electron chi connectivity index (χ2n) is 6.69. The highest BCUT2D eigenvalue weighted by Crippen LogP contribution is 2.19. The monoisotopic (exact) mass is 345 g/mol. The van der Waals surface area contributed by atoms with Crippen LogP contribution >= 0.6 is 11.8 Å². The van der Waals surface area contributed by atoms with Crippen LogP contribution in [-0.2, 0) is 14.4 Å². The third-order valence-electron chi connectivity index (χ3n) is 3.60. The number of thioether (sulfide) groups is 1. The number of amides is 3. The Labute approximate surface area is 144 Å². The molecule has 0 aliphatic carbocycles. The number of likely N-dealkylation sites (N-methyl/N-ethyl adjacent to an activating group) is 2. The molecule has 0 rings (SSSR count). The van der Waals surface area contributed by atoms with Crippen molar-refractivity contribution in [2.24, 2.45) is 17.6 Å². The summed E-state index contributed by atoms with van der Waals surface area (Å²) in [5.74, 6) is -0.428. The van der Waals surface area contributed by atoms with Crippen LogP contribution in [0.3, 0.4) is 0 Å². The maximum Gasteiger partial charge on any atom is 0.256 e. The third kappa shape index (κ3) is 6.81. The Morgan fingerprint density at radius 2 is 1.52 bits per heavy atom. The second-order valence-corrected chi connectivity index (χ2v) is 7.61. The molecule has 7 heteroatoms. The van der Waals surface area contributed by atoms with Crippen molar-refractivity contribution in [2.75, 3.05) is 20.4 Å². The molecule has 0 bridgehead atoms. The Morgan fingerprint density at radius 1 is 1.00 bits per heavy atom.